The van der Waals surface area contributed by atoms with Crippen molar-refractivity contribution in [3.8, 4) is 0 Å². The van der Waals surface area contributed by atoms with Crippen LogP contribution in [0.3, 0.4) is 0 Å². The standard InChI is InChI=1S/C27H34N4O4S/c1-29-21(9-12-25(32)31-16-13-20-5-3-4-6-23(20)31)17-28-27(33)26-24(29)14-15-30(26)18-19-7-10-22(11-8-19)36(2,34)35/h3-8,10-11,21,24,26H,9,12-18H2,1-2H3,(H,28,33). The van der Waals surface area contributed by atoms with Crippen LogP contribution in [-0.4, -0.2) is 81.1 Å². The monoisotopic (exact) mass is 510 g/mol. The second-order valence-corrected chi connectivity index (χ2v) is 12.2. The van der Waals surface area contributed by atoms with Crippen LogP contribution in [0, 0.1) is 0 Å². The lowest BCUT2D eigenvalue weighted by Gasteiger charge is -2.33. The maximum atomic E-state index is 13.1. The normalized spacial score (nSPS) is 24.8. The second-order valence-electron chi connectivity index (χ2n) is 10.2. The summed E-state index contributed by atoms with van der Waals surface area (Å²) in [6, 6.07) is 14.9. The lowest BCUT2D eigenvalue weighted by Crippen LogP contribution is -2.49. The van der Waals surface area contributed by atoms with Crippen LogP contribution in [0.5, 0.6) is 0 Å². The molecule has 36 heavy (non-hydrogen) atoms. The smallest absolute Gasteiger partial charge is 0.239 e. The number of para-hydroxylation sites is 1. The minimum atomic E-state index is -3.24. The fourth-order valence-corrected chi connectivity index (χ4v) is 6.56. The van der Waals surface area contributed by atoms with E-state index in [2.05, 4.69) is 28.2 Å². The third-order valence-corrected chi connectivity index (χ3v) is 9.09. The summed E-state index contributed by atoms with van der Waals surface area (Å²) >= 11 is 0. The Kier molecular flexibility index (Phi) is 6.89. The lowest BCUT2D eigenvalue weighted by molar-refractivity contribution is -0.126. The van der Waals surface area contributed by atoms with Crippen LogP contribution in [0.4, 0.5) is 5.69 Å². The van der Waals surface area contributed by atoms with Crippen molar-refractivity contribution < 1.29 is 18.0 Å². The number of amides is 2. The van der Waals surface area contributed by atoms with Gasteiger partial charge in [-0.15, -0.1) is 0 Å². The van der Waals surface area contributed by atoms with Gasteiger partial charge in [0.1, 0.15) is 6.04 Å². The Bertz CT molecular complexity index is 1250. The first-order chi connectivity index (χ1) is 17.2. The molecule has 9 heteroatoms. The maximum absolute atomic E-state index is 13.1. The second kappa shape index (κ2) is 9.95. The quantitative estimate of drug-likeness (QED) is 0.638. The Morgan fingerprint density at radius 2 is 1.83 bits per heavy atom. The number of nitrogens with one attached hydrogen (secondary N) is 1. The van der Waals surface area contributed by atoms with E-state index in [9.17, 15) is 18.0 Å². The zero-order valence-corrected chi connectivity index (χ0v) is 21.7. The summed E-state index contributed by atoms with van der Waals surface area (Å²) in [7, 11) is -1.16. The molecule has 192 valence electrons. The highest BCUT2D eigenvalue weighted by Gasteiger charge is 2.45. The van der Waals surface area contributed by atoms with E-state index < -0.39 is 9.84 Å². The molecule has 5 rings (SSSR count). The first-order valence-electron chi connectivity index (χ1n) is 12.6. The molecule has 2 aromatic rings. The average Bonchev–Trinajstić information content (AvgIpc) is 3.45. The van der Waals surface area contributed by atoms with Crippen molar-refractivity contribution in [3.05, 3.63) is 59.7 Å². The predicted molar refractivity (Wildman–Crippen MR) is 138 cm³/mol. The zero-order chi connectivity index (χ0) is 25.4. The number of likely N-dealkylation sites (tertiary alicyclic amines) is 1. The van der Waals surface area contributed by atoms with Crippen molar-refractivity contribution >= 4 is 27.3 Å². The van der Waals surface area contributed by atoms with Crippen molar-refractivity contribution in [1.29, 1.82) is 0 Å². The SMILES string of the molecule is CN1C(CCC(=O)N2CCc3ccccc32)CNC(=O)C2C1CCN2Cc1ccc(S(C)(=O)=O)cc1. The summed E-state index contributed by atoms with van der Waals surface area (Å²) in [6.07, 6.45) is 4.13. The molecule has 8 nitrogen and oxygen atoms in total. The molecule has 0 saturated carbocycles. The number of benzene rings is 2. The van der Waals surface area contributed by atoms with E-state index in [1.807, 2.05) is 35.2 Å². The maximum Gasteiger partial charge on any atom is 0.239 e. The van der Waals surface area contributed by atoms with Gasteiger partial charge in [-0.1, -0.05) is 30.3 Å². The van der Waals surface area contributed by atoms with Gasteiger partial charge in [0, 0.05) is 56.6 Å². The molecule has 2 fully saturated rings. The molecule has 3 atom stereocenters. The number of likely N-dealkylation sites (N-methyl/N-ethyl adjacent to an activating group) is 1. The molecule has 0 aliphatic carbocycles. The Morgan fingerprint density at radius 1 is 1.08 bits per heavy atom. The van der Waals surface area contributed by atoms with Gasteiger partial charge in [-0.25, -0.2) is 8.42 Å². The highest BCUT2D eigenvalue weighted by Crippen LogP contribution is 2.31. The Balaban J connectivity index is 1.22. The van der Waals surface area contributed by atoms with Gasteiger partial charge in [-0.3, -0.25) is 19.4 Å². The summed E-state index contributed by atoms with van der Waals surface area (Å²) in [6.45, 7) is 2.64. The highest BCUT2D eigenvalue weighted by atomic mass is 32.2. The molecule has 3 unspecified atom stereocenters. The van der Waals surface area contributed by atoms with Gasteiger partial charge in [0.15, 0.2) is 9.84 Å². The Morgan fingerprint density at radius 3 is 2.58 bits per heavy atom. The van der Waals surface area contributed by atoms with E-state index >= 15 is 0 Å². The molecule has 0 spiro atoms. The van der Waals surface area contributed by atoms with Crippen molar-refractivity contribution in [2.24, 2.45) is 0 Å². The van der Waals surface area contributed by atoms with Crippen LogP contribution in [-0.2, 0) is 32.4 Å². The summed E-state index contributed by atoms with van der Waals surface area (Å²) in [5.74, 6) is 0.172. The number of nitrogens with zero attached hydrogens (tertiary/aromatic N) is 3. The van der Waals surface area contributed by atoms with Gasteiger partial charge < -0.3 is 10.2 Å². The van der Waals surface area contributed by atoms with E-state index in [-0.39, 0.29) is 29.9 Å². The zero-order valence-electron chi connectivity index (χ0n) is 20.9. The fourth-order valence-electron chi connectivity index (χ4n) is 5.93. The number of carbonyl (C=O) groups is 2. The van der Waals surface area contributed by atoms with Crippen molar-refractivity contribution in [2.45, 2.75) is 55.2 Å². The van der Waals surface area contributed by atoms with Gasteiger partial charge in [0.05, 0.1) is 4.90 Å². The van der Waals surface area contributed by atoms with E-state index in [1.165, 1.54) is 11.8 Å². The fraction of sp³-hybridized carbons (Fsp3) is 0.481. The predicted octanol–water partition coefficient (Wildman–Crippen LogP) is 1.83. The summed E-state index contributed by atoms with van der Waals surface area (Å²) in [5, 5.41) is 3.12. The van der Waals surface area contributed by atoms with Gasteiger partial charge in [-0.05, 0) is 55.6 Å². The summed E-state index contributed by atoms with van der Waals surface area (Å²) < 4.78 is 23.5. The largest absolute Gasteiger partial charge is 0.353 e. The van der Waals surface area contributed by atoms with Crippen LogP contribution in [0.25, 0.3) is 0 Å². The molecule has 2 amide bonds. The number of carbonyl (C=O) groups excluding carboxylic acids is 2. The third kappa shape index (κ3) is 4.92. The number of rotatable bonds is 6. The third-order valence-electron chi connectivity index (χ3n) is 7.97. The van der Waals surface area contributed by atoms with Crippen LogP contribution >= 0.6 is 0 Å². The van der Waals surface area contributed by atoms with Crippen molar-refractivity contribution in [3.63, 3.8) is 0 Å². The highest BCUT2D eigenvalue weighted by molar-refractivity contribution is 7.90. The first kappa shape index (κ1) is 24.9. The summed E-state index contributed by atoms with van der Waals surface area (Å²) in [4.78, 5) is 32.8. The van der Waals surface area contributed by atoms with E-state index in [1.54, 1.807) is 12.1 Å². The minimum Gasteiger partial charge on any atom is -0.353 e. The molecule has 3 aliphatic rings. The minimum absolute atomic E-state index is 0.0272. The van der Waals surface area contributed by atoms with Crippen LogP contribution in [0.2, 0.25) is 0 Å². The molecule has 2 saturated heterocycles. The molecule has 3 heterocycles. The van der Waals surface area contributed by atoms with Gasteiger partial charge in [-0.2, -0.15) is 0 Å². The van der Waals surface area contributed by atoms with E-state index in [0.717, 1.165) is 37.2 Å². The van der Waals surface area contributed by atoms with E-state index in [0.29, 0.717) is 30.8 Å². The van der Waals surface area contributed by atoms with Crippen LogP contribution in [0.15, 0.2) is 53.4 Å². The van der Waals surface area contributed by atoms with Crippen molar-refractivity contribution in [1.82, 2.24) is 15.1 Å². The number of fused-ring (bicyclic) bond motifs is 2. The van der Waals surface area contributed by atoms with E-state index in [4.69, 9.17) is 0 Å². The Labute approximate surface area is 213 Å². The Hall–Kier alpha value is -2.75. The van der Waals surface area contributed by atoms with Gasteiger partial charge in [0.2, 0.25) is 11.8 Å². The average molecular weight is 511 g/mol. The molecule has 2 aromatic carbocycles. The number of sulfone groups is 1. The van der Waals surface area contributed by atoms with Gasteiger partial charge >= 0.3 is 0 Å². The number of hydrogen-bond donors (Lipinski definition) is 1. The molecule has 0 bridgehead atoms. The van der Waals surface area contributed by atoms with Crippen LogP contribution in [0.1, 0.15) is 30.4 Å². The van der Waals surface area contributed by atoms with Crippen molar-refractivity contribution in [2.75, 3.05) is 37.8 Å². The van der Waals surface area contributed by atoms with Gasteiger partial charge in [0.25, 0.3) is 0 Å². The topological polar surface area (TPSA) is 90.0 Å². The molecule has 0 radical (unpaired) electrons. The molecule has 1 N–H and O–H groups in total. The number of hydrogen-bond acceptors (Lipinski definition) is 6. The van der Waals surface area contributed by atoms with Crippen LogP contribution < -0.4 is 10.2 Å². The number of anilines is 1. The molecule has 0 aromatic heterocycles. The molecular weight excluding hydrogens is 476 g/mol. The first-order valence-corrected chi connectivity index (χ1v) is 14.5. The lowest BCUT2D eigenvalue weighted by atomic mass is 10.0. The molecular formula is C27H34N4O4S. The molecule has 3 aliphatic heterocycles. The summed E-state index contributed by atoms with van der Waals surface area (Å²) in [5.41, 5.74) is 3.24.